The van der Waals surface area contributed by atoms with Gasteiger partial charge in [0.2, 0.25) is 0 Å². The molecule has 1 aliphatic heterocycles. The number of piperidine rings is 1. The van der Waals surface area contributed by atoms with Crippen molar-refractivity contribution in [2.45, 2.75) is 19.3 Å². The van der Waals surface area contributed by atoms with E-state index in [9.17, 15) is 9.59 Å². The number of carboxylic acid groups (broad SMARTS) is 1. The van der Waals surface area contributed by atoms with Crippen LogP contribution in [-0.2, 0) is 18.3 Å². The number of hydrogen-bond acceptors (Lipinski definition) is 2. The summed E-state index contributed by atoms with van der Waals surface area (Å²) in [5.74, 6) is -1.28. The Labute approximate surface area is 151 Å². The second kappa shape index (κ2) is 7.35. The molecule has 1 aromatic heterocycles. The third kappa shape index (κ3) is 3.90. The summed E-state index contributed by atoms with van der Waals surface area (Å²) in [5.41, 5.74) is 2.21. The van der Waals surface area contributed by atoms with E-state index in [0.717, 1.165) is 22.9 Å². The van der Waals surface area contributed by atoms with Crippen LogP contribution < -0.4 is 5.32 Å². The molecule has 0 bridgehead atoms. The third-order valence-electron chi connectivity index (χ3n) is 4.76. The normalized spacial score (nSPS) is 17.7. The smallest absolute Gasteiger partial charge is 0.317 e. The molecule has 0 saturated carbocycles. The zero-order valence-corrected chi connectivity index (χ0v) is 14.9. The number of hydrogen-bond donors (Lipinski definition) is 2. The fourth-order valence-electron chi connectivity index (χ4n) is 3.42. The van der Waals surface area contributed by atoms with Crippen LogP contribution in [0.3, 0.4) is 0 Å². The van der Waals surface area contributed by atoms with Crippen molar-refractivity contribution in [2.75, 3.05) is 19.6 Å². The van der Waals surface area contributed by atoms with E-state index >= 15 is 0 Å². The molecule has 3 rings (SSSR count). The second-order valence-electron chi connectivity index (χ2n) is 6.53. The Kier molecular flexibility index (Phi) is 5.18. The number of amides is 2. The van der Waals surface area contributed by atoms with E-state index in [4.69, 9.17) is 16.7 Å². The number of aryl methyl sites for hydroxylation is 1. The zero-order valence-electron chi connectivity index (χ0n) is 14.2. The molecule has 0 spiro atoms. The van der Waals surface area contributed by atoms with E-state index in [0.29, 0.717) is 31.0 Å². The first-order valence-electron chi connectivity index (χ1n) is 8.44. The maximum atomic E-state index is 12.3. The Balaban J connectivity index is 1.58. The van der Waals surface area contributed by atoms with Gasteiger partial charge in [0, 0.05) is 48.8 Å². The minimum absolute atomic E-state index is 0.186. The summed E-state index contributed by atoms with van der Waals surface area (Å²) in [5, 5.41) is 13.8. The van der Waals surface area contributed by atoms with Gasteiger partial charge in [0.1, 0.15) is 0 Å². The average molecular weight is 364 g/mol. The number of rotatable bonds is 4. The number of carbonyl (C=O) groups excluding carboxylic acids is 1. The Hall–Kier alpha value is -2.21. The molecule has 1 aliphatic rings. The van der Waals surface area contributed by atoms with Gasteiger partial charge in [-0.3, -0.25) is 4.79 Å². The molecule has 0 radical (unpaired) electrons. The Bertz CT molecular complexity index is 802. The molecule has 2 aromatic rings. The van der Waals surface area contributed by atoms with E-state index in [1.54, 1.807) is 4.90 Å². The molecule has 7 heteroatoms. The SMILES string of the molecule is Cn1cc(CCNC(=O)N2CCCC(C(=O)O)C2)c2ccc(Cl)cc21. The van der Waals surface area contributed by atoms with Gasteiger partial charge in [-0.2, -0.15) is 0 Å². The monoisotopic (exact) mass is 363 g/mol. The van der Waals surface area contributed by atoms with Crippen LogP contribution in [0.4, 0.5) is 4.79 Å². The lowest BCUT2D eigenvalue weighted by Gasteiger charge is -2.30. The highest BCUT2D eigenvalue weighted by Crippen LogP contribution is 2.24. The molecule has 1 unspecified atom stereocenters. The van der Waals surface area contributed by atoms with Gasteiger partial charge in [0.05, 0.1) is 5.92 Å². The van der Waals surface area contributed by atoms with Crippen LogP contribution in [0.15, 0.2) is 24.4 Å². The molecular weight excluding hydrogens is 342 g/mol. The van der Waals surface area contributed by atoms with E-state index < -0.39 is 11.9 Å². The number of nitrogens with zero attached hydrogens (tertiary/aromatic N) is 2. The fraction of sp³-hybridized carbons (Fsp3) is 0.444. The van der Waals surface area contributed by atoms with E-state index in [1.807, 2.05) is 29.8 Å². The number of likely N-dealkylation sites (tertiary alicyclic amines) is 1. The van der Waals surface area contributed by atoms with Gasteiger partial charge < -0.3 is 19.9 Å². The van der Waals surface area contributed by atoms with E-state index in [-0.39, 0.29) is 12.6 Å². The lowest BCUT2D eigenvalue weighted by atomic mass is 9.99. The Morgan fingerprint density at radius 1 is 1.40 bits per heavy atom. The number of aromatic nitrogens is 1. The van der Waals surface area contributed by atoms with Crippen LogP contribution in [0.2, 0.25) is 5.02 Å². The van der Waals surface area contributed by atoms with Crippen LogP contribution in [0.5, 0.6) is 0 Å². The van der Waals surface area contributed by atoms with Crippen molar-refractivity contribution in [1.29, 1.82) is 0 Å². The topological polar surface area (TPSA) is 74.6 Å². The molecule has 1 fully saturated rings. The fourth-order valence-corrected chi connectivity index (χ4v) is 3.59. The first kappa shape index (κ1) is 17.6. The third-order valence-corrected chi connectivity index (χ3v) is 5.00. The highest BCUT2D eigenvalue weighted by atomic mass is 35.5. The van der Waals surface area contributed by atoms with Crippen molar-refractivity contribution in [2.24, 2.45) is 13.0 Å². The minimum atomic E-state index is -0.827. The van der Waals surface area contributed by atoms with Crippen LogP contribution in [0.25, 0.3) is 10.9 Å². The first-order chi connectivity index (χ1) is 12.0. The number of benzene rings is 1. The van der Waals surface area contributed by atoms with Gasteiger partial charge in [-0.05, 0) is 37.0 Å². The van der Waals surface area contributed by atoms with Crippen LogP contribution in [0.1, 0.15) is 18.4 Å². The molecule has 0 aliphatic carbocycles. The van der Waals surface area contributed by atoms with E-state index in [1.165, 1.54) is 0 Å². The first-order valence-corrected chi connectivity index (χ1v) is 8.82. The van der Waals surface area contributed by atoms with Crippen molar-refractivity contribution >= 4 is 34.5 Å². The predicted octanol–water partition coefficient (Wildman–Crippen LogP) is 2.88. The maximum absolute atomic E-state index is 12.3. The Morgan fingerprint density at radius 2 is 2.20 bits per heavy atom. The average Bonchev–Trinajstić information content (AvgIpc) is 2.90. The highest BCUT2D eigenvalue weighted by Gasteiger charge is 2.27. The summed E-state index contributed by atoms with van der Waals surface area (Å²) in [7, 11) is 1.97. The van der Waals surface area contributed by atoms with Crippen LogP contribution in [0, 0.1) is 5.92 Å². The van der Waals surface area contributed by atoms with Gasteiger partial charge in [0.25, 0.3) is 0 Å². The van der Waals surface area contributed by atoms with Gasteiger partial charge in [-0.15, -0.1) is 0 Å². The van der Waals surface area contributed by atoms with Crippen LogP contribution in [-0.4, -0.2) is 46.2 Å². The van der Waals surface area contributed by atoms with Crippen molar-refractivity contribution in [1.82, 2.24) is 14.8 Å². The summed E-state index contributed by atoms with van der Waals surface area (Å²) in [6.07, 6.45) is 4.13. The molecule has 1 aromatic carbocycles. The molecular formula is C18H22ClN3O3. The quantitative estimate of drug-likeness (QED) is 0.877. The molecule has 2 heterocycles. The minimum Gasteiger partial charge on any atom is -0.481 e. The van der Waals surface area contributed by atoms with Gasteiger partial charge in [0.15, 0.2) is 0 Å². The zero-order chi connectivity index (χ0) is 18.0. The predicted molar refractivity (Wildman–Crippen MR) is 97.0 cm³/mol. The molecule has 1 atom stereocenters. The number of carbonyl (C=O) groups is 2. The highest BCUT2D eigenvalue weighted by molar-refractivity contribution is 6.31. The van der Waals surface area contributed by atoms with E-state index in [2.05, 4.69) is 11.5 Å². The number of nitrogens with one attached hydrogen (secondary N) is 1. The van der Waals surface area contributed by atoms with Crippen LogP contribution >= 0.6 is 11.6 Å². The van der Waals surface area contributed by atoms with Crippen molar-refractivity contribution in [3.8, 4) is 0 Å². The second-order valence-corrected chi connectivity index (χ2v) is 6.97. The molecule has 6 nitrogen and oxygen atoms in total. The number of aliphatic carboxylic acids is 1. The van der Waals surface area contributed by atoms with Gasteiger partial charge in [-0.1, -0.05) is 17.7 Å². The largest absolute Gasteiger partial charge is 0.481 e. The van der Waals surface area contributed by atoms with Crippen molar-refractivity contribution < 1.29 is 14.7 Å². The number of urea groups is 1. The molecule has 2 N–H and O–H groups in total. The molecule has 1 saturated heterocycles. The number of fused-ring (bicyclic) bond motifs is 1. The van der Waals surface area contributed by atoms with Gasteiger partial charge in [-0.25, -0.2) is 4.79 Å². The number of carboxylic acids is 1. The van der Waals surface area contributed by atoms with Crippen molar-refractivity contribution in [3.05, 3.63) is 35.0 Å². The summed E-state index contributed by atoms with van der Waals surface area (Å²) in [4.78, 5) is 25.0. The molecule has 134 valence electrons. The summed E-state index contributed by atoms with van der Waals surface area (Å²) in [6, 6.07) is 5.61. The maximum Gasteiger partial charge on any atom is 0.317 e. The summed E-state index contributed by atoms with van der Waals surface area (Å²) < 4.78 is 2.03. The summed E-state index contributed by atoms with van der Waals surface area (Å²) in [6.45, 7) is 1.41. The lowest BCUT2D eigenvalue weighted by molar-refractivity contribution is -0.143. The molecule has 25 heavy (non-hydrogen) atoms. The Morgan fingerprint density at radius 3 is 2.96 bits per heavy atom. The van der Waals surface area contributed by atoms with Crippen molar-refractivity contribution in [3.63, 3.8) is 0 Å². The van der Waals surface area contributed by atoms with Gasteiger partial charge >= 0.3 is 12.0 Å². The lowest BCUT2D eigenvalue weighted by Crippen LogP contribution is -2.47. The number of halogens is 1. The summed E-state index contributed by atoms with van der Waals surface area (Å²) >= 11 is 6.05. The standard InChI is InChI=1S/C18H22ClN3O3/c1-21-10-12(15-5-4-14(19)9-16(15)21)6-7-20-18(25)22-8-2-3-13(11-22)17(23)24/h4-5,9-10,13H,2-3,6-8,11H2,1H3,(H,20,25)(H,23,24). The molecule has 2 amide bonds.